The Hall–Kier alpha value is -0.590. The molecule has 0 spiro atoms. The highest BCUT2D eigenvalue weighted by molar-refractivity contribution is 5.06. The van der Waals surface area contributed by atoms with E-state index in [0.29, 0.717) is 6.10 Å². The van der Waals surface area contributed by atoms with Crippen molar-refractivity contribution in [3.05, 3.63) is 0 Å². The topological polar surface area (TPSA) is 45.0 Å². The van der Waals surface area contributed by atoms with Crippen LogP contribution in [0.2, 0.25) is 0 Å². The van der Waals surface area contributed by atoms with Crippen LogP contribution < -0.4 is 5.32 Å². The molecule has 1 N–H and O–H groups in total. The van der Waals surface area contributed by atoms with E-state index >= 15 is 0 Å². The van der Waals surface area contributed by atoms with E-state index in [0.717, 1.165) is 38.8 Å². The number of nitriles is 1. The van der Waals surface area contributed by atoms with Gasteiger partial charge in [-0.15, -0.1) is 0 Å². The second kappa shape index (κ2) is 7.68. The first kappa shape index (κ1) is 14.5. The number of hydrogen-bond donors (Lipinski definition) is 1. The zero-order valence-corrected chi connectivity index (χ0v) is 11.3. The largest absolute Gasteiger partial charge is 0.378 e. The van der Waals surface area contributed by atoms with Gasteiger partial charge in [-0.2, -0.15) is 5.26 Å². The number of ether oxygens (including phenoxy) is 1. The van der Waals surface area contributed by atoms with Crippen molar-refractivity contribution in [2.75, 3.05) is 13.2 Å². The molecule has 0 aromatic rings. The van der Waals surface area contributed by atoms with Crippen LogP contribution in [-0.4, -0.2) is 24.8 Å². The average molecular weight is 238 g/mol. The van der Waals surface area contributed by atoms with Gasteiger partial charge in [0.05, 0.1) is 12.2 Å². The summed E-state index contributed by atoms with van der Waals surface area (Å²) in [7, 11) is 0. The molecule has 0 aromatic heterocycles. The molecule has 98 valence electrons. The van der Waals surface area contributed by atoms with Crippen LogP contribution in [0.1, 0.15) is 58.8 Å². The third kappa shape index (κ3) is 4.65. The summed E-state index contributed by atoms with van der Waals surface area (Å²) in [6.07, 6.45) is 8.10. The van der Waals surface area contributed by atoms with Crippen molar-refractivity contribution in [2.45, 2.75) is 70.4 Å². The summed E-state index contributed by atoms with van der Waals surface area (Å²) < 4.78 is 5.73. The summed E-state index contributed by atoms with van der Waals surface area (Å²) in [6.45, 7) is 5.94. The molecule has 0 heterocycles. The lowest BCUT2D eigenvalue weighted by Crippen LogP contribution is -2.44. The van der Waals surface area contributed by atoms with Gasteiger partial charge in [0, 0.05) is 6.61 Å². The number of hydrogen-bond acceptors (Lipinski definition) is 3. The van der Waals surface area contributed by atoms with Crippen molar-refractivity contribution in [3.8, 4) is 6.07 Å². The van der Waals surface area contributed by atoms with Crippen molar-refractivity contribution in [1.29, 1.82) is 5.26 Å². The molecule has 1 saturated carbocycles. The van der Waals surface area contributed by atoms with Crippen LogP contribution in [0, 0.1) is 11.3 Å². The number of nitrogens with one attached hydrogen (secondary N) is 1. The zero-order valence-electron chi connectivity index (χ0n) is 11.3. The molecular formula is C14H26N2O. The van der Waals surface area contributed by atoms with E-state index in [1.54, 1.807) is 0 Å². The first-order chi connectivity index (χ1) is 8.26. The molecule has 0 aliphatic heterocycles. The van der Waals surface area contributed by atoms with Crippen LogP contribution >= 0.6 is 0 Å². The predicted molar refractivity (Wildman–Crippen MR) is 69.8 cm³/mol. The Bertz CT molecular complexity index is 245. The molecule has 1 unspecified atom stereocenters. The van der Waals surface area contributed by atoms with E-state index in [1.807, 2.05) is 0 Å². The maximum atomic E-state index is 9.32. The lowest BCUT2D eigenvalue weighted by Gasteiger charge is -2.28. The van der Waals surface area contributed by atoms with Crippen molar-refractivity contribution in [3.63, 3.8) is 0 Å². The van der Waals surface area contributed by atoms with Crippen LogP contribution in [0.25, 0.3) is 0 Å². The molecule has 0 saturated heterocycles. The van der Waals surface area contributed by atoms with Crippen LogP contribution in [0.4, 0.5) is 0 Å². The smallest absolute Gasteiger partial charge is 0.106 e. The fourth-order valence-corrected chi connectivity index (χ4v) is 2.09. The minimum atomic E-state index is -0.334. The van der Waals surface area contributed by atoms with Gasteiger partial charge >= 0.3 is 0 Å². The molecule has 0 radical (unpaired) electrons. The normalized spacial score (nSPS) is 19.4. The zero-order chi connectivity index (χ0) is 12.6. The first-order valence-electron chi connectivity index (χ1n) is 7.04. The summed E-state index contributed by atoms with van der Waals surface area (Å²) in [5, 5.41) is 12.7. The molecule has 1 aliphatic rings. The SMILES string of the molecule is CCCNC(C#N)(CC)CCCOC1CCC1. The van der Waals surface area contributed by atoms with Gasteiger partial charge in [0.1, 0.15) is 5.54 Å². The van der Waals surface area contributed by atoms with E-state index in [2.05, 4.69) is 25.2 Å². The van der Waals surface area contributed by atoms with Crippen molar-refractivity contribution < 1.29 is 4.74 Å². The molecule has 3 nitrogen and oxygen atoms in total. The number of rotatable bonds is 9. The Kier molecular flexibility index (Phi) is 6.54. The fourth-order valence-electron chi connectivity index (χ4n) is 2.09. The molecular weight excluding hydrogens is 212 g/mol. The second-order valence-electron chi connectivity index (χ2n) is 5.00. The highest BCUT2D eigenvalue weighted by Crippen LogP contribution is 2.23. The Morgan fingerprint density at radius 3 is 2.65 bits per heavy atom. The van der Waals surface area contributed by atoms with Gasteiger partial charge in [-0.25, -0.2) is 0 Å². The second-order valence-corrected chi connectivity index (χ2v) is 5.00. The molecule has 3 heteroatoms. The van der Waals surface area contributed by atoms with Gasteiger partial charge < -0.3 is 4.74 Å². The Balaban J connectivity index is 2.20. The summed E-state index contributed by atoms with van der Waals surface area (Å²) in [5.74, 6) is 0. The van der Waals surface area contributed by atoms with E-state index in [9.17, 15) is 5.26 Å². The monoisotopic (exact) mass is 238 g/mol. The highest BCUT2D eigenvalue weighted by atomic mass is 16.5. The van der Waals surface area contributed by atoms with Crippen LogP contribution in [0.3, 0.4) is 0 Å². The quantitative estimate of drug-likeness (QED) is 0.628. The maximum absolute atomic E-state index is 9.32. The highest BCUT2D eigenvalue weighted by Gasteiger charge is 2.26. The molecule has 0 amide bonds. The van der Waals surface area contributed by atoms with Crippen LogP contribution in [0.15, 0.2) is 0 Å². The Morgan fingerprint density at radius 2 is 2.18 bits per heavy atom. The lowest BCUT2D eigenvalue weighted by molar-refractivity contribution is -0.000837. The Labute approximate surface area is 106 Å². The van der Waals surface area contributed by atoms with Crippen molar-refractivity contribution in [1.82, 2.24) is 5.32 Å². The minimum Gasteiger partial charge on any atom is -0.378 e. The van der Waals surface area contributed by atoms with E-state index in [4.69, 9.17) is 4.74 Å². The molecule has 1 fully saturated rings. The first-order valence-corrected chi connectivity index (χ1v) is 7.04. The minimum absolute atomic E-state index is 0.334. The lowest BCUT2D eigenvalue weighted by atomic mass is 9.92. The van der Waals surface area contributed by atoms with Crippen molar-refractivity contribution >= 4 is 0 Å². The third-order valence-corrected chi connectivity index (χ3v) is 3.68. The van der Waals surface area contributed by atoms with Gasteiger partial charge in [-0.05, 0) is 51.5 Å². The Morgan fingerprint density at radius 1 is 1.41 bits per heavy atom. The summed E-state index contributed by atoms with van der Waals surface area (Å²) >= 11 is 0. The molecule has 1 atom stereocenters. The molecule has 0 bridgehead atoms. The van der Waals surface area contributed by atoms with E-state index < -0.39 is 0 Å². The fraction of sp³-hybridized carbons (Fsp3) is 0.929. The summed E-state index contributed by atoms with van der Waals surface area (Å²) in [6, 6.07) is 2.45. The predicted octanol–water partition coefficient (Wildman–Crippen LogP) is 3.01. The van der Waals surface area contributed by atoms with Crippen molar-refractivity contribution in [2.24, 2.45) is 0 Å². The summed E-state index contributed by atoms with van der Waals surface area (Å²) in [5.41, 5.74) is -0.334. The van der Waals surface area contributed by atoms with Gasteiger partial charge in [0.2, 0.25) is 0 Å². The van der Waals surface area contributed by atoms with Gasteiger partial charge in [-0.1, -0.05) is 13.8 Å². The summed E-state index contributed by atoms with van der Waals surface area (Å²) in [4.78, 5) is 0. The van der Waals surface area contributed by atoms with Crippen LogP contribution in [0.5, 0.6) is 0 Å². The third-order valence-electron chi connectivity index (χ3n) is 3.68. The number of nitrogens with zero attached hydrogens (tertiary/aromatic N) is 1. The van der Waals surface area contributed by atoms with E-state index in [1.165, 1.54) is 19.3 Å². The van der Waals surface area contributed by atoms with Crippen LogP contribution in [-0.2, 0) is 4.74 Å². The molecule has 1 rings (SSSR count). The molecule has 17 heavy (non-hydrogen) atoms. The molecule has 1 aliphatic carbocycles. The standard InChI is InChI=1S/C14H26N2O/c1-3-10-16-14(4-2,12-15)9-6-11-17-13-7-5-8-13/h13,16H,3-11H2,1-2H3. The van der Waals surface area contributed by atoms with Gasteiger partial charge in [0.15, 0.2) is 0 Å². The van der Waals surface area contributed by atoms with Gasteiger partial charge in [0.25, 0.3) is 0 Å². The molecule has 0 aromatic carbocycles. The average Bonchev–Trinajstić information content (AvgIpc) is 2.31. The van der Waals surface area contributed by atoms with Gasteiger partial charge in [-0.3, -0.25) is 5.32 Å². The maximum Gasteiger partial charge on any atom is 0.106 e. The van der Waals surface area contributed by atoms with E-state index in [-0.39, 0.29) is 5.54 Å².